The molecule has 3 nitrogen and oxygen atoms in total. The van der Waals surface area contributed by atoms with Gasteiger partial charge in [-0.25, -0.2) is 0 Å². The fourth-order valence-electron chi connectivity index (χ4n) is 1.91. The van der Waals surface area contributed by atoms with E-state index in [4.69, 9.17) is 9.47 Å². The Balaban J connectivity index is 2.67. The van der Waals surface area contributed by atoms with E-state index in [1.807, 2.05) is 18.2 Å². The first-order valence-corrected chi connectivity index (χ1v) is 6.82. The topological polar surface area (TPSA) is 30.5 Å². The van der Waals surface area contributed by atoms with Crippen molar-refractivity contribution in [3.05, 3.63) is 22.7 Å². The second kappa shape index (κ2) is 6.43. The van der Waals surface area contributed by atoms with Gasteiger partial charge >= 0.3 is 0 Å². The Hall–Kier alpha value is -0.740. The molecule has 0 spiro atoms. The minimum atomic E-state index is -0.119. The molecule has 0 aliphatic carbocycles. The summed E-state index contributed by atoms with van der Waals surface area (Å²) < 4.78 is 11.7. The molecule has 4 heteroatoms. The number of methoxy groups -OCH3 is 2. The summed E-state index contributed by atoms with van der Waals surface area (Å²) >= 11 is 3.44. The monoisotopic (exact) mass is 315 g/mol. The van der Waals surface area contributed by atoms with Crippen LogP contribution in [0.25, 0.3) is 0 Å². The zero-order chi connectivity index (χ0) is 13.8. The zero-order valence-corrected chi connectivity index (χ0v) is 13.3. The van der Waals surface area contributed by atoms with E-state index < -0.39 is 0 Å². The molecule has 1 aromatic rings. The number of halogens is 1. The molecule has 0 saturated heterocycles. The van der Waals surface area contributed by atoms with Crippen LogP contribution in [-0.4, -0.2) is 25.9 Å². The largest absolute Gasteiger partial charge is 0.495 e. The van der Waals surface area contributed by atoms with Crippen molar-refractivity contribution in [1.29, 1.82) is 0 Å². The van der Waals surface area contributed by atoms with Crippen LogP contribution in [0.3, 0.4) is 0 Å². The van der Waals surface area contributed by atoms with E-state index >= 15 is 0 Å². The number of hydrogen-bond acceptors (Lipinski definition) is 3. The molecule has 1 N–H and O–H groups in total. The van der Waals surface area contributed by atoms with Crippen LogP contribution in [0.15, 0.2) is 22.7 Å². The normalized spacial score (nSPS) is 13.2. The van der Waals surface area contributed by atoms with Gasteiger partial charge in [0.25, 0.3) is 0 Å². The molecule has 1 unspecified atom stereocenters. The molecular formula is C14H22BrNO2. The molecule has 0 saturated carbocycles. The number of hydrogen-bond donors (Lipinski definition) is 1. The van der Waals surface area contributed by atoms with Crippen molar-refractivity contribution in [3.63, 3.8) is 0 Å². The molecule has 102 valence electrons. The smallest absolute Gasteiger partial charge is 0.135 e. The van der Waals surface area contributed by atoms with Crippen LogP contribution in [-0.2, 0) is 4.74 Å². The lowest BCUT2D eigenvalue weighted by Crippen LogP contribution is -2.31. The Morgan fingerprint density at radius 3 is 2.56 bits per heavy atom. The summed E-state index contributed by atoms with van der Waals surface area (Å²) in [5.74, 6) is 0.832. The Bertz CT molecular complexity index is 393. The quantitative estimate of drug-likeness (QED) is 0.858. The highest BCUT2D eigenvalue weighted by molar-refractivity contribution is 9.10. The lowest BCUT2D eigenvalue weighted by Gasteiger charge is -2.27. The SMILES string of the molecule is COc1cc(NC(C)CC(C)(C)OC)ccc1Br. The first-order chi connectivity index (χ1) is 8.38. The molecule has 0 aromatic heterocycles. The maximum absolute atomic E-state index is 5.44. The van der Waals surface area contributed by atoms with E-state index in [0.29, 0.717) is 6.04 Å². The summed E-state index contributed by atoms with van der Waals surface area (Å²) in [7, 11) is 3.41. The van der Waals surface area contributed by atoms with Crippen molar-refractivity contribution in [2.45, 2.75) is 38.8 Å². The van der Waals surface area contributed by atoms with Crippen LogP contribution >= 0.6 is 15.9 Å². The highest BCUT2D eigenvalue weighted by Gasteiger charge is 2.20. The predicted octanol–water partition coefficient (Wildman–Crippen LogP) is 4.07. The third-order valence-electron chi connectivity index (χ3n) is 2.91. The van der Waals surface area contributed by atoms with Gasteiger partial charge in [0.2, 0.25) is 0 Å². The molecule has 18 heavy (non-hydrogen) atoms. The van der Waals surface area contributed by atoms with Crippen molar-refractivity contribution in [2.75, 3.05) is 19.5 Å². The number of nitrogens with one attached hydrogen (secondary N) is 1. The van der Waals surface area contributed by atoms with E-state index in [1.165, 1.54) is 0 Å². The fraction of sp³-hybridized carbons (Fsp3) is 0.571. The van der Waals surface area contributed by atoms with Crippen molar-refractivity contribution < 1.29 is 9.47 Å². The Labute approximate surface area is 118 Å². The first kappa shape index (κ1) is 15.3. The van der Waals surface area contributed by atoms with Crippen LogP contribution in [0.2, 0.25) is 0 Å². The summed E-state index contributed by atoms with van der Waals surface area (Å²) in [6.45, 7) is 6.33. The van der Waals surface area contributed by atoms with Gasteiger partial charge in [0, 0.05) is 24.9 Å². The Morgan fingerprint density at radius 2 is 2.00 bits per heavy atom. The fourth-order valence-corrected chi connectivity index (χ4v) is 2.31. The average molecular weight is 316 g/mol. The summed E-state index contributed by atoms with van der Waals surface area (Å²) in [5.41, 5.74) is 0.931. The van der Waals surface area contributed by atoms with Crippen LogP contribution < -0.4 is 10.1 Å². The van der Waals surface area contributed by atoms with Crippen molar-refractivity contribution >= 4 is 21.6 Å². The second-order valence-electron chi connectivity index (χ2n) is 5.06. The maximum Gasteiger partial charge on any atom is 0.135 e. The van der Waals surface area contributed by atoms with Crippen LogP contribution in [0.4, 0.5) is 5.69 Å². The van der Waals surface area contributed by atoms with Gasteiger partial charge in [-0.05, 0) is 55.3 Å². The van der Waals surface area contributed by atoms with E-state index in [9.17, 15) is 0 Å². The highest BCUT2D eigenvalue weighted by Crippen LogP contribution is 2.28. The van der Waals surface area contributed by atoms with Gasteiger partial charge in [-0.1, -0.05) is 0 Å². The summed E-state index contributed by atoms with van der Waals surface area (Å²) in [6.07, 6.45) is 0.932. The lowest BCUT2D eigenvalue weighted by atomic mass is 10.00. The van der Waals surface area contributed by atoms with Gasteiger partial charge in [-0.2, -0.15) is 0 Å². The summed E-state index contributed by atoms with van der Waals surface area (Å²) in [4.78, 5) is 0. The van der Waals surface area contributed by atoms with Crippen LogP contribution in [0.1, 0.15) is 27.2 Å². The lowest BCUT2D eigenvalue weighted by molar-refractivity contribution is 0.0128. The molecule has 1 rings (SSSR count). The molecule has 1 atom stereocenters. The van der Waals surface area contributed by atoms with Gasteiger partial charge in [-0.3, -0.25) is 0 Å². The number of ether oxygens (including phenoxy) is 2. The molecule has 0 aliphatic heterocycles. The van der Waals surface area contributed by atoms with Gasteiger partial charge in [0.05, 0.1) is 17.2 Å². The summed E-state index contributed by atoms with van der Waals surface area (Å²) in [5, 5.41) is 3.45. The Morgan fingerprint density at radius 1 is 1.33 bits per heavy atom. The highest BCUT2D eigenvalue weighted by atomic mass is 79.9. The van der Waals surface area contributed by atoms with E-state index in [1.54, 1.807) is 14.2 Å². The summed E-state index contributed by atoms with van der Waals surface area (Å²) in [6, 6.07) is 6.32. The van der Waals surface area contributed by atoms with Gasteiger partial charge in [0.1, 0.15) is 5.75 Å². The standard InChI is InChI=1S/C14H22BrNO2/c1-10(9-14(2,3)18-5)16-11-6-7-12(15)13(8-11)17-4/h6-8,10,16H,9H2,1-5H3. The molecule has 1 aromatic carbocycles. The zero-order valence-electron chi connectivity index (χ0n) is 11.7. The molecule has 0 radical (unpaired) electrons. The van der Waals surface area contributed by atoms with Crippen LogP contribution in [0, 0.1) is 0 Å². The van der Waals surface area contributed by atoms with Crippen molar-refractivity contribution in [2.24, 2.45) is 0 Å². The average Bonchev–Trinajstić information content (AvgIpc) is 2.31. The molecule has 0 amide bonds. The Kier molecular flexibility index (Phi) is 5.47. The van der Waals surface area contributed by atoms with Crippen molar-refractivity contribution in [1.82, 2.24) is 0 Å². The number of rotatable bonds is 6. The third kappa shape index (κ3) is 4.50. The van der Waals surface area contributed by atoms with E-state index in [2.05, 4.69) is 42.0 Å². The molecule has 0 heterocycles. The molecular weight excluding hydrogens is 294 g/mol. The first-order valence-electron chi connectivity index (χ1n) is 6.03. The molecule has 0 aliphatic rings. The third-order valence-corrected chi connectivity index (χ3v) is 3.57. The van der Waals surface area contributed by atoms with E-state index in [-0.39, 0.29) is 5.60 Å². The van der Waals surface area contributed by atoms with Gasteiger partial charge in [0.15, 0.2) is 0 Å². The van der Waals surface area contributed by atoms with E-state index in [0.717, 1.165) is 22.3 Å². The molecule has 0 fully saturated rings. The number of anilines is 1. The number of benzene rings is 1. The van der Waals surface area contributed by atoms with Crippen molar-refractivity contribution in [3.8, 4) is 5.75 Å². The van der Waals surface area contributed by atoms with Crippen LogP contribution in [0.5, 0.6) is 5.75 Å². The predicted molar refractivity (Wildman–Crippen MR) is 79.5 cm³/mol. The van der Waals surface area contributed by atoms with Gasteiger partial charge < -0.3 is 14.8 Å². The minimum absolute atomic E-state index is 0.119. The second-order valence-corrected chi connectivity index (χ2v) is 5.92. The van der Waals surface area contributed by atoms with Gasteiger partial charge in [-0.15, -0.1) is 0 Å². The minimum Gasteiger partial charge on any atom is -0.495 e. The molecule has 0 bridgehead atoms. The maximum atomic E-state index is 5.44.